The number of nitrogens with zero attached hydrogens (tertiary/aromatic N) is 2. The van der Waals surface area contributed by atoms with Crippen LogP contribution in [-0.2, 0) is 9.59 Å². The summed E-state index contributed by atoms with van der Waals surface area (Å²) in [5, 5.41) is 20.3. The van der Waals surface area contributed by atoms with Crippen molar-refractivity contribution in [1.82, 2.24) is 4.90 Å². The summed E-state index contributed by atoms with van der Waals surface area (Å²) in [4.78, 5) is 20.7. The minimum atomic E-state index is -1.82. The van der Waals surface area contributed by atoms with Gasteiger partial charge in [-0.25, -0.2) is 9.59 Å². The second kappa shape index (κ2) is 10.2. The van der Waals surface area contributed by atoms with Crippen molar-refractivity contribution in [2.24, 2.45) is 5.10 Å². The summed E-state index contributed by atoms with van der Waals surface area (Å²) < 4.78 is 0. The fourth-order valence-corrected chi connectivity index (χ4v) is 2.42. The van der Waals surface area contributed by atoms with Crippen LogP contribution in [0.25, 0.3) is 0 Å². The van der Waals surface area contributed by atoms with Gasteiger partial charge in [0.2, 0.25) is 0 Å². The van der Waals surface area contributed by atoms with Gasteiger partial charge in [-0.2, -0.15) is 5.10 Å². The van der Waals surface area contributed by atoms with Gasteiger partial charge in [0, 0.05) is 37.7 Å². The van der Waals surface area contributed by atoms with Gasteiger partial charge >= 0.3 is 11.9 Å². The number of hydrogen-bond donors (Lipinski definition) is 3. The van der Waals surface area contributed by atoms with Crippen LogP contribution < -0.4 is 5.43 Å². The van der Waals surface area contributed by atoms with Crippen LogP contribution in [0, 0.1) is 0 Å². The summed E-state index contributed by atoms with van der Waals surface area (Å²) in [5.41, 5.74) is 5.13. The lowest BCUT2D eigenvalue weighted by Crippen LogP contribution is -2.38. The highest BCUT2D eigenvalue weighted by Gasteiger charge is 2.16. The van der Waals surface area contributed by atoms with Gasteiger partial charge in [0.1, 0.15) is 0 Å². The molecule has 1 aliphatic heterocycles. The van der Waals surface area contributed by atoms with Crippen molar-refractivity contribution in [3.63, 3.8) is 0 Å². The van der Waals surface area contributed by atoms with Gasteiger partial charge < -0.3 is 15.1 Å². The number of rotatable bonds is 3. The first kappa shape index (κ1) is 21.2. The molecular weight excluding hydrogens is 369 g/mol. The van der Waals surface area contributed by atoms with Crippen LogP contribution in [-0.4, -0.2) is 51.9 Å². The molecule has 9 heteroatoms. The van der Waals surface area contributed by atoms with E-state index in [1.807, 2.05) is 6.07 Å². The predicted octanol–water partition coefficient (Wildman–Crippen LogP) is 3.42. The first-order valence-corrected chi connectivity index (χ1v) is 8.43. The molecule has 3 N–H and O–H groups in total. The number of halogens is 2. The van der Waals surface area contributed by atoms with Gasteiger partial charge in [-0.05, 0) is 32.0 Å². The summed E-state index contributed by atoms with van der Waals surface area (Å²) >= 11 is 11.8. The third kappa shape index (κ3) is 7.72. The molecule has 1 fully saturated rings. The summed E-state index contributed by atoms with van der Waals surface area (Å²) in [5.74, 6) is -3.65. The maximum absolute atomic E-state index is 9.10. The van der Waals surface area contributed by atoms with Crippen molar-refractivity contribution >= 4 is 46.5 Å². The largest absolute Gasteiger partial charge is 0.473 e. The Kier molecular flexibility index (Phi) is 8.68. The van der Waals surface area contributed by atoms with Gasteiger partial charge in [0.15, 0.2) is 0 Å². The zero-order chi connectivity index (χ0) is 19.0. The molecule has 0 bridgehead atoms. The van der Waals surface area contributed by atoms with E-state index in [1.54, 1.807) is 12.1 Å². The number of piperidine rings is 1. The molecule has 1 aliphatic rings. The quantitative estimate of drug-likeness (QED) is 0.540. The molecule has 25 heavy (non-hydrogen) atoms. The standard InChI is InChI=1S/C14H19Cl2N3.C2H2O4/c1-10(2)19-7-5-11(6-8-19)17-18-12-3-4-13(15)14(16)9-12;3-1(4)2(5)6/h3-4,9-10,18H,5-8H2,1-2H3;(H,3,4)(H,5,6). The summed E-state index contributed by atoms with van der Waals surface area (Å²) in [6, 6.07) is 6.05. The number of anilines is 1. The Balaban J connectivity index is 0.000000450. The Morgan fingerprint density at radius 3 is 2.12 bits per heavy atom. The Labute approximate surface area is 156 Å². The van der Waals surface area contributed by atoms with E-state index in [1.165, 1.54) is 5.71 Å². The lowest BCUT2D eigenvalue weighted by atomic mass is 10.1. The molecule has 2 rings (SSSR count). The van der Waals surface area contributed by atoms with Crippen LogP contribution in [0.3, 0.4) is 0 Å². The zero-order valence-corrected chi connectivity index (χ0v) is 15.5. The number of likely N-dealkylation sites (tertiary alicyclic amines) is 1. The lowest BCUT2D eigenvalue weighted by Gasteiger charge is -2.30. The van der Waals surface area contributed by atoms with Crippen LogP contribution in [0.1, 0.15) is 26.7 Å². The second-order valence-electron chi connectivity index (χ2n) is 5.66. The molecule has 0 amide bonds. The van der Waals surface area contributed by atoms with Crippen LogP contribution in [0.2, 0.25) is 10.0 Å². The molecule has 0 aromatic heterocycles. The minimum absolute atomic E-state index is 0.543. The van der Waals surface area contributed by atoms with Gasteiger partial charge in [-0.15, -0.1) is 0 Å². The molecule has 0 spiro atoms. The van der Waals surface area contributed by atoms with Crippen molar-refractivity contribution in [2.45, 2.75) is 32.7 Å². The summed E-state index contributed by atoms with van der Waals surface area (Å²) in [6.07, 6.45) is 2.04. The van der Waals surface area contributed by atoms with E-state index in [2.05, 4.69) is 29.3 Å². The second-order valence-corrected chi connectivity index (χ2v) is 6.47. The Hall–Kier alpha value is -1.83. The highest BCUT2D eigenvalue weighted by atomic mass is 35.5. The molecule has 0 aliphatic carbocycles. The van der Waals surface area contributed by atoms with Crippen molar-refractivity contribution in [2.75, 3.05) is 18.5 Å². The Morgan fingerprint density at radius 2 is 1.68 bits per heavy atom. The SMILES string of the molecule is CC(C)N1CCC(=NNc2ccc(Cl)c(Cl)c2)CC1.O=C(O)C(=O)O. The number of carboxylic acids is 2. The number of hydrogen-bond acceptors (Lipinski definition) is 5. The number of carbonyl (C=O) groups is 2. The van der Waals surface area contributed by atoms with E-state index in [0.29, 0.717) is 16.1 Å². The predicted molar refractivity (Wildman–Crippen MR) is 98.7 cm³/mol. The number of aliphatic carboxylic acids is 2. The average Bonchev–Trinajstić information content (AvgIpc) is 2.56. The summed E-state index contributed by atoms with van der Waals surface area (Å²) in [7, 11) is 0. The topological polar surface area (TPSA) is 102 Å². The van der Waals surface area contributed by atoms with E-state index in [4.69, 9.17) is 43.0 Å². The smallest absolute Gasteiger partial charge is 0.414 e. The van der Waals surface area contributed by atoms with E-state index in [-0.39, 0.29) is 0 Å². The molecule has 0 unspecified atom stereocenters. The third-order valence-electron chi connectivity index (χ3n) is 3.55. The van der Waals surface area contributed by atoms with Crippen LogP contribution >= 0.6 is 23.2 Å². The van der Waals surface area contributed by atoms with Crippen LogP contribution in [0.4, 0.5) is 5.69 Å². The highest BCUT2D eigenvalue weighted by molar-refractivity contribution is 6.42. The number of carboxylic acid groups (broad SMARTS) is 2. The monoisotopic (exact) mass is 389 g/mol. The molecule has 7 nitrogen and oxygen atoms in total. The number of nitrogens with one attached hydrogen (secondary N) is 1. The van der Waals surface area contributed by atoms with Crippen LogP contribution in [0.5, 0.6) is 0 Å². The third-order valence-corrected chi connectivity index (χ3v) is 4.29. The Morgan fingerprint density at radius 1 is 1.12 bits per heavy atom. The zero-order valence-electron chi connectivity index (χ0n) is 14.0. The lowest BCUT2D eigenvalue weighted by molar-refractivity contribution is -0.159. The first-order valence-electron chi connectivity index (χ1n) is 7.67. The van der Waals surface area contributed by atoms with E-state index in [9.17, 15) is 0 Å². The van der Waals surface area contributed by atoms with E-state index >= 15 is 0 Å². The van der Waals surface area contributed by atoms with Gasteiger partial charge in [0.25, 0.3) is 0 Å². The maximum Gasteiger partial charge on any atom is 0.414 e. The molecule has 1 heterocycles. The molecule has 138 valence electrons. The Bertz CT molecular complexity index is 628. The molecule has 0 saturated carbocycles. The number of benzene rings is 1. The highest BCUT2D eigenvalue weighted by Crippen LogP contribution is 2.25. The fraction of sp³-hybridized carbons (Fsp3) is 0.438. The van der Waals surface area contributed by atoms with Gasteiger partial charge in [0.05, 0.1) is 15.7 Å². The molecule has 1 aromatic carbocycles. The average molecular weight is 390 g/mol. The van der Waals surface area contributed by atoms with Crippen molar-refractivity contribution < 1.29 is 19.8 Å². The molecule has 1 saturated heterocycles. The molecular formula is C16H21Cl2N3O4. The maximum atomic E-state index is 9.10. The molecule has 0 atom stereocenters. The molecule has 1 aromatic rings. The normalized spacial score (nSPS) is 14.5. The van der Waals surface area contributed by atoms with Crippen LogP contribution in [0.15, 0.2) is 23.3 Å². The minimum Gasteiger partial charge on any atom is -0.473 e. The number of hydrazone groups is 1. The van der Waals surface area contributed by atoms with Crippen molar-refractivity contribution in [3.8, 4) is 0 Å². The van der Waals surface area contributed by atoms with Crippen molar-refractivity contribution in [3.05, 3.63) is 28.2 Å². The van der Waals surface area contributed by atoms with E-state index < -0.39 is 11.9 Å². The molecule has 0 radical (unpaired) electrons. The fourth-order valence-electron chi connectivity index (χ4n) is 2.12. The summed E-state index contributed by atoms with van der Waals surface area (Å²) in [6.45, 7) is 6.63. The van der Waals surface area contributed by atoms with Gasteiger partial charge in [-0.3, -0.25) is 5.43 Å². The van der Waals surface area contributed by atoms with Crippen molar-refractivity contribution in [1.29, 1.82) is 0 Å². The first-order chi connectivity index (χ1) is 11.7. The van der Waals surface area contributed by atoms with E-state index in [0.717, 1.165) is 31.6 Å². The van der Waals surface area contributed by atoms with Gasteiger partial charge in [-0.1, -0.05) is 23.2 Å².